The zero-order chi connectivity index (χ0) is 12.8. The van der Waals surface area contributed by atoms with E-state index in [0.717, 1.165) is 25.7 Å². The summed E-state index contributed by atoms with van der Waals surface area (Å²) in [6, 6.07) is 8.37. The fraction of sp³-hybridized carbons (Fsp3) is 0.429. The van der Waals surface area contributed by atoms with E-state index < -0.39 is 0 Å². The Kier molecular flexibility index (Phi) is 4.47. The van der Waals surface area contributed by atoms with Crippen molar-refractivity contribution in [2.24, 2.45) is 5.73 Å². The number of rotatable bonds is 6. The van der Waals surface area contributed by atoms with Crippen molar-refractivity contribution < 1.29 is 4.42 Å². The molecule has 18 heavy (non-hydrogen) atoms. The maximum atomic E-state index is 5.57. The molecule has 1 aromatic carbocycles. The van der Waals surface area contributed by atoms with E-state index in [1.807, 2.05) is 0 Å². The summed E-state index contributed by atoms with van der Waals surface area (Å²) in [6.45, 7) is 2.77. The molecule has 2 rings (SSSR count). The van der Waals surface area contributed by atoms with E-state index in [-0.39, 0.29) is 0 Å². The van der Waals surface area contributed by atoms with Crippen molar-refractivity contribution in [3.05, 3.63) is 47.2 Å². The number of nitrogens with two attached hydrogens (primary N) is 1. The highest BCUT2D eigenvalue weighted by Gasteiger charge is 2.06. The minimum atomic E-state index is 0.654. The molecule has 0 aliphatic heterocycles. The Labute approximate surface area is 107 Å². The maximum Gasteiger partial charge on any atom is 0.216 e. The van der Waals surface area contributed by atoms with Crippen LogP contribution in [0.15, 0.2) is 28.7 Å². The molecule has 96 valence electrons. The SMILES string of the molecule is Cc1ccccc1CCc1nnc(CCCN)o1. The number of nitrogens with zero attached hydrogens (tertiary/aromatic N) is 2. The lowest BCUT2D eigenvalue weighted by atomic mass is 10.0. The normalized spacial score (nSPS) is 10.8. The lowest BCUT2D eigenvalue weighted by Gasteiger charge is -2.02. The number of aryl methyl sites for hydroxylation is 4. The van der Waals surface area contributed by atoms with Gasteiger partial charge in [0.15, 0.2) is 0 Å². The molecular weight excluding hydrogens is 226 g/mol. The van der Waals surface area contributed by atoms with Crippen LogP contribution in [0.1, 0.15) is 29.3 Å². The summed E-state index contributed by atoms with van der Waals surface area (Å²) in [5.41, 5.74) is 8.08. The van der Waals surface area contributed by atoms with Crippen molar-refractivity contribution in [3.63, 3.8) is 0 Å². The van der Waals surface area contributed by atoms with Crippen LogP contribution in [0, 0.1) is 6.92 Å². The van der Waals surface area contributed by atoms with Gasteiger partial charge in [0.1, 0.15) is 0 Å². The van der Waals surface area contributed by atoms with Gasteiger partial charge in [0.25, 0.3) is 0 Å². The average molecular weight is 245 g/mol. The predicted octanol–water partition coefficient (Wildman–Crippen LogP) is 2.05. The number of benzene rings is 1. The Morgan fingerprint density at radius 2 is 1.78 bits per heavy atom. The highest BCUT2D eigenvalue weighted by molar-refractivity contribution is 5.25. The van der Waals surface area contributed by atoms with Crippen LogP contribution >= 0.6 is 0 Å². The maximum absolute atomic E-state index is 5.57. The van der Waals surface area contributed by atoms with Gasteiger partial charge < -0.3 is 10.2 Å². The zero-order valence-corrected chi connectivity index (χ0v) is 10.7. The van der Waals surface area contributed by atoms with Crippen LogP contribution in [-0.4, -0.2) is 16.7 Å². The first-order valence-electron chi connectivity index (χ1n) is 6.35. The fourth-order valence-electron chi connectivity index (χ4n) is 1.88. The molecule has 0 unspecified atom stereocenters. The Balaban J connectivity index is 1.90. The molecular formula is C14H19N3O. The average Bonchev–Trinajstić information content (AvgIpc) is 2.83. The first-order chi connectivity index (χ1) is 8.79. The van der Waals surface area contributed by atoms with E-state index in [1.54, 1.807) is 0 Å². The van der Waals surface area contributed by atoms with E-state index in [0.29, 0.717) is 18.3 Å². The first kappa shape index (κ1) is 12.8. The summed E-state index contributed by atoms with van der Waals surface area (Å²) >= 11 is 0. The van der Waals surface area contributed by atoms with Crippen molar-refractivity contribution in [3.8, 4) is 0 Å². The van der Waals surface area contributed by atoms with Crippen molar-refractivity contribution >= 4 is 0 Å². The lowest BCUT2D eigenvalue weighted by molar-refractivity contribution is 0.444. The third kappa shape index (κ3) is 3.40. The number of aromatic nitrogens is 2. The van der Waals surface area contributed by atoms with Crippen LogP contribution in [0.25, 0.3) is 0 Å². The third-order valence-corrected chi connectivity index (χ3v) is 2.97. The summed E-state index contributed by atoms with van der Waals surface area (Å²) in [4.78, 5) is 0. The summed E-state index contributed by atoms with van der Waals surface area (Å²) in [5.74, 6) is 1.41. The minimum Gasteiger partial charge on any atom is -0.425 e. The Bertz CT molecular complexity index is 493. The van der Waals surface area contributed by atoms with Crippen LogP contribution in [0.2, 0.25) is 0 Å². The second-order valence-corrected chi connectivity index (χ2v) is 4.41. The summed E-state index contributed by atoms with van der Waals surface area (Å²) in [5, 5.41) is 8.07. The second-order valence-electron chi connectivity index (χ2n) is 4.41. The van der Waals surface area contributed by atoms with Crippen LogP contribution in [0.3, 0.4) is 0 Å². The molecule has 4 heteroatoms. The molecule has 0 amide bonds. The van der Waals surface area contributed by atoms with Crippen molar-refractivity contribution in [2.45, 2.75) is 32.6 Å². The van der Waals surface area contributed by atoms with E-state index in [1.165, 1.54) is 11.1 Å². The van der Waals surface area contributed by atoms with Crippen molar-refractivity contribution in [1.82, 2.24) is 10.2 Å². The van der Waals surface area contributed by atoms with Crippen LogP contribution in [0.5, 0.6) is 0 Å². The molecule has 2 N–H and O–H groups in total. The third-order valence-electron chi connectivity index (χ3n) is 2.97. The molecule has 0 atom stereocenters. The Morgan fingerprint density at radius 3 is 2.50 bits per heavy atom. The molecule has 0 radical (unpaired) electrons. The van der Waals surface area contributed by atoms with Crippen molar-refractivity contribution in [2.75, 3.05) is 6.54 Å². The standard InChI is InChI=1S/C14H19N3O/c1-11-5-2-3-6-12(11)8-9-14-17-16-13(18-14)7-4-10-15/h2-3,5-6H,4,7-10,15H2,1H3. The molecule has 0 fully saturated rings. The molecule has 0 aliphatic carbocycles. The van der Waals surface area contributed by atoms with Crippen LogP contribution in [0.4, 0.5) is 0 Å². The molecule has 0 aliphatic rings. The lowest BCUT2D eigenvalue weighted by Crippen LogP contribution is -2.00. The van der Waals surface area contributed by atoms with Crippen LogP contribution < -0.4 is 5.73 Å². The fourth-order valence-corrected chi connectivity index (χ4v) is 1.88. The monoisotopic (exact) mass is 245 g/mol. The van der Waals surface area contributed by atoms with Crippen LogP contribution in [-0.2, 0) is 19.3 Å². The summed E-state index contributed by atoms with van der Waals surface area (Å²) in [6.07, 6.45) is 3.39. The van der Waals surface area contributed by atoms with Gasteiger partial charge in [-0.1, -0.05) is 24.3 Å². The first-order valence-corrected chi connectivity index (χ1v) is 6.35. The highest BCUT2D eigenvalue weighted by atomic mass is 16.4. The van der Waals surface area contributed by atoms with Gasteiger partial charge in [-0.2, -0.15) is 0 Å². The summed E-state index contributed by atoms with van der Waals surface area (Å²) < 4.78 is 5.57. The van der Waals surface area contributed by atoms with Gasteiger partial charge in [-0.15, -0.1) is 10.2 Å². The van der Waals surface area contributed by atoms with Gasteiger partial charge in [0.05, 0.1) is 0 Å². The Morgan fingerprint density at radius 1 is 1.06 bits per heavy atom. The summed E-state index contributed by atoms with van der Waals surface area (Å²) in [7, 11) is 0. The molecule has 1 aromatic heterocycles. The number of hydrogen-bond acceptors (Lipinski definition) is 4. The molecule has 0 saturated heterocycles. The number of hydrogen-bond donors (Lipinski definition) is 1. The van der Waals surface area contributed by atoms with E-state index in [9.17, 15) is 0 Å². The zero-order valence-electron chi connectivity index (χ0n) is 10.7. The van der Waals surface area contributed by atoms with Crippen molar-refractivity contribution in [1.29, 1.82) is 0 Å². The topological polar surface area (TPSA) is 64.9 Å². The van der Waals surface area contributed by atoms with Gasteiger partial charge in [-0.05, 0) is 37.4 Å². The van der Waals surface area contributed by atoms with Gasteiger partial charge >= 0.3 is 0 Å². The molecule has 1 heterocycles. The van der Waals surface area contributed by atoms with Gasteiger partial charge in [-0.3, -0.25) is 0 Å². The molecule has 0 spiro atoms. The molecule has 4 nitrogen and oxygen atoms in total. The molecule has 0 bridgehead atoms. The quantitative estimate of drug-likeness (QED) is 0.846. The van der Waals surface area contributed by atoms with E-state index >= 15 is 0 Å². The largest absolute Gasteiger partial charge is 0.425 e. The van der Waals surface area contributed by atoms with Gasteiger partial charge in [-0.25, -0.2) is 0 Å². The Hall–Kier alpha value is -1.68. The smallest absolute Gasteiger partial charge is 0.216 e. The van der Waals surface area contributed by atoms with E-state index in [4.69, 9.17) is 10.2 Å². The highest BCUT2D eigenvalue weighted by Crippen LogP contribution is 2.11. The second kappa shape index (κ2) is 6.31. The minimum absolute atomic E-state index is 0.654. The van der Waals surface area contributed by atoms with E-state index in [2.05, 4.69) is 41.4 Å². The van der Waals surface area contributed by atoms with Gasteiger partial charge in [0.2, 0.25) is 11.8 Å². The molecule has 2 aromatic rings. The predicted molar refractivity (Wildman–Crippen MR) is 70.3 cm³/mol. The molecule has 0 saturated carbocycles. The van der Waals surface area contributed by atoms with Gasteiger partial charge in [0, 0.05) is 12.8 Å².